The normalized spacial score (nSPS) is 10.8. The van der Waals surface area contributed by atoms with Gasteiger partial charge in [0.1, 0.15) is 11.5 Å². The number of para-hydroxylation sites is 2. The minimum Gasteiger partial charge on any atom is -0.759 e. The van der Waals surface area contributed by atoms with Crippen molar-refractivity contribution in [3.8, 4) is 11.5 Å². The van der Waals surface area contributed by atoms with E-state index in [2.05, 4.69) is 62.4 Å². The molecular weight excluding hydrogens is 495 g/mol. The van der Waals surface area contributed by atoms with Crippen LogP contribution in [0.15, 0.2) is 48.5 Å². The molecule has 0 spiro atoms. The average Bonchev–Trinajstić information content (AvgIpc) is 2.84. The van der Waals surface area contributed by atoms with Gasteiger partial charge in [0.25, 0.3) is 0 Å². The molecule has 5 nitrogen and oxygen atoms in total. The van der Waals surface area contributed by atoms with E-state index in [1.807, 2.05) is 0 Å². The van der Waals surface area contributed by atoms with Gasteiger partial charge in [-0.2, -0.15) is 0 Å². The Morgan fingerprint density at radius 3 is 1.22 bits per heavy atom. The number of ether oxygens (including phenoxy) is 1. The summed E-state index contributed by atoms with van der Waals surface area (Å²) < 4.78 is 40.5. The van der Waals surface area contributed by atoms with Gasteiger partial charge in [0, 0.05) is 10.4 Å². The summed E-state index contributed by atoms with van der Waals surface area (Å²) in [5.41, 5.74) is 2.70. The van der Waals surface area contributed by atoms with Crippen molar-refractivity contribution >= 4 is 10.4 Å². The van der Waals surface area contributed by atoms with Crippen molar-refractivity contribution < 1.29 is 51.8 Å². The van der Waals surface area contributed by atoms with Gasteiger partial charge < -0.3 is 13.8 Å². The van der Waals surface area contributed by atoms with E-state index in [9.17, 15) is 0 Å². The van der Waals surface area contributed by atoms with Gasteiger partial charge in [-0.25, -0.2) is 0 Å². The van der Waals surface area contributed by atoms with Crippen LogP contribution in [0.5, 0.6) is 11.5 Å². The smallest absolute Gasteiger partial charge is 0.759 e. The SMILES string of the molecule is CCCCCCCCCc1ccccc1Oc1ccccc1CCCCCCCCC.O=S(=O)([O-])[O-].[Na+]. The zero-order chi connectivity index (χ0) is 26.5. The molecule has 37 heavy (non-hydrogen) atoms. The van der Waals surface area contributed by atoms with Crippen molar-refractivity contribution in [3.05, 3.63) is 59.7 Å². The van der Waals surface area contributed by atoms with Crippen LogP contribution in [0, 0.1) is 0 Å². The molecule has 0 radical (unpaired) electrons. The van der Waals surface area contributed by atoms with Crippen LogP contribution in [0.3, 0.4) is 0 Å². The first kappa shape index (κ1) is 36.1. The van der Waals surface area contributed by atoms with Crippen LogP contribution >= 0.6 is 0 Å². The van der Waals surface area contributed by atoms with Crippen LogP contribution in [0.4, 0.5) is 0 Å². The third-order valence-electron chi connectivity index (χ3n) is 6.26. The topological polar surface area (TPSA) is 89.5 Å². The average molecular weight is 542 g/mol. The second kappa shape index (κ2) is 23.0. The summed E-state index contributed by atoms with van der Waals surface area (Å²) in [7, 11) is -5.17. The molecular formula is C30H46NaO5S-. The molecule has 0 N–H and O–H groups in total. The van der Waals surface area contributed by atoms with Crippen molar-refractivity contribution in [2.24, 2.45) is 0 Å². The van der Waals surface area contributed by atoms with Crippen LogP contribution in [0.1, 0.15) is 115 Å². The molecule has 0 bridgehead atoms. The number of benzene rings is 2. The summed E-state index contributed by atoms with van der Waals surface area (Å²) in [6.45, 7) is 4.56. The number of unbranched alkanes of at least 4 members (excludes halogenated alkanes) is 12. The van der Waals surface area contributed by atoms with Crippen molar-refractivity contribution in [1.29, 1.82) is 0 Å². The van der Waals surface area contributed by atoms with E-state index >= 15 is 0 Å². The molecule has 0 atom stereocenters. The van der Waals surface area contributed by atoms with Gasteiger partial charge in [0.15, 0.2) is 0 Å². The van der Waals surface area contributed by atoms with Gasteiger partial charge in [0.05, 0.1) is 0 Å². The molecule has 0 fully saturated rings. The Labute approximate surface area is 248 Å². The first-order valence-corrected chi connectivity index (χ1v) is 15.2. The van der Waals surface area contributed by atoms with E-state index in [4.69, 9.17) is 22.3 Å². The van der Waals surface area contributed by atoms with Crippen molar-refractivity contribution in [2.45, 2.75) is 117 Å². The van der Waals surface area contributed by atoms with Crippen LogP contribution in [-0.2, 0) is 23.2 Å². The van der Waals surface area contributed by atoms with Crippen LogP contribution < -0.4 is 34.3 Å². The van der Waals surface area contributed by atoms with Crippen LogP contribution in [-0.4, -0.2) is 17.5 Å². The van der Waals surface area contributed by atoms with Crippen LogP contribution in [0.2, 0.25) is 0 Å². The second-order valence-corrected chi connectivity index (χ2v) is 10.3. The van der Waals surface area contributed by atoms with Gasteiger partial charge in [-0.15, -0.1) is 0 Å². The van der Waals surface area contributed by atoms with Crippen molar-refractivity contribution in [2.75, 3.05) is 0 Å². The Bertz CT molecular complexity index is 850. The van der Waals surface area contributed by atoms with Gasteiger partial charge in [-0.1, -0.05) is 127 Å². The third-order valence-corrected chi connectivity index (χ3v) is 6.26. The van der Waals surface area contributed by atoms with E-state index in [1.54, 1.807) is 0 Å². The molecule has 7 heteroatoms. The van der Waals surface area contributed by atoms with Gasteiger partial charge >= 0.3 is 29.6 Å². The molecule has 2 aromatic rings. The van der Waals surface area contributed by atoms with E-state index in [0.29, 0.717) is 0 Å². The van der Waals surface area contributed by atoms with E-state index in [1.165, 1.54) is 101 Å². The van der Waals surface area contributed by atoms with Crippen LogP contribution in [0.25, 0.3) is 0 Å². The minimum atomic E-state index is -5.17. The first-order valence-electron chi connectivity index (χ1n) is 13.9. The Morgan fingerprint density at radius 2 is 0.865 bits per heavy atom. The molecule has 0 amide bonds. The summed E-state index contributed by atoms with van der Waals surface area (Å²) in [6.07, 6.45) is 21.1. The fourth-order valence-corrected chi connectivity index (χ4v) is 4.28. The number of rotatable bonds is 18. The summed E-state index contributed by atoms with van der Waals surface area (Å²) in [5.74, 6) is 2.08. The quantitative estimate of drug-likeness (QED) is 0.104. The molecule has 0 aliphatic rings. The maximum absolute atomic E-state index is 8.52. The van der Waals surface area contributed by atoms with E-state index in [0.717, 1.165) is 24.3 Å². The number of hydrogen-bond donors (Lipinski definition) is 0. The predicted octanol–water partition coefficient (Wildman–Crippen LogP) is 5.73. The zero-order valence-corrected chi connectivity index (χ0v) is 26.2. The largest absolute Gasteiger partial charge is 1.00 e. The Morgan fingerprint density at radius 1 is 0.568 bits per heavy atom. The molecule has 0 aliphatic heterocycles. The molecule has 0 aliphatic carbocycles. The standard InChI is InChI=1S/C30H46O.Na.H2O4S/c1-3-5-7-9-11-13-15-21-27-23-17-19-25-29(27)31-30-26-20-18-24-28(30)22-16-14-12-10-8-6-4-2;;1-5(2,3)4/h17-20,23-26H,3-16,21-22H2,1-2H3;;(H2,1,2,3,4)/q;+1;/p-2. The molecule has 0 heterocycles. The fourth-order valence-electron chi connectivity index (χ4n) is 4.28. The first-order chi connectivity index (χ1) is 17.3. The van der Waals surface area contributed by atoms with Crippen molar-refractivity contribution in [1.82, 2.24) is 0 Å². The maximum atomic E-state index is 8.52. The molecule has 2 aromatic carbocycles. The summed E-state index contributed by atoms with van der Waals surface area (Å²) in [4.78, 5) is 0. The summed E-state index contributed by atoms with van der Waals surface area (Å²) in [5, 5.41) is 0. The van der Waals surface area contributed by atoms with Gasteiger partial charge in [-0.3, -0.25) is 8.42 Å². The molecule has 0 aromatic heterocycles. The molecule has 204 valence electrons. The zero-order valence-electron chi connectivity index (χ0n) is 23.4. The maximum Gasteiger partial charge on any atom is 1.00 e. The fraction of sp³-hybridized carbons (Fsp3) is 0.600. The summed E-state index contributed by atoms with van der Waals surface area (Å²) >= 11 is 0. The molecule has 0 unspecified atom stereocenters. The Balaban J connectivity index is 0.00000196. The van der Waals surface area contributed by atoms with Gasteiger partial charge in [0.2, 0.25) is 0 Å². The number of hydrogen-bond acceptors (Lipinski definition) is 5. The Kier molecular flexibility index (Phi) is 22.5. The molecule has 2 rings (SSSR count). The molecule has 0 saturated heterocycles. The monoisotopic (exact) mass is 541 g/mol. The van der Waals surface area contributed by atoms with Gasteiger partial charge in [-0.05, 0) is 48.9 Å². The Hall–Kier alpha value is -0.890. The van der Waals surface area contributed by atoms with E-state index < -0.39 is 10.4 Å². The number of aryl methyl sites for hydroxylation is 2. The summed E-state index contributed by atoms with van der Waals surface area (Å²) in [6, 6.07) is 17.3. The second-order valence-electron chi connectivity index (χ2n) is 9.47. The minimum absolute atomic E-state index is 0. The molecule has 0 saturated carbocycles. The van der Waals surface area contributed by atoms with Crippen molar-refractivity contribution in [3.63, 3.8) is 0 Å². The predicted molar refractivity (Wildman–Crippen MR) is 147 cm³/mol. The third kappa shape index (κ3) is 20.7. The van der Waals surface area contributed by atoms with E-state index in [-0.39, 0.29) is 29.6 Å².